The smallest absolute Gasteiger partial charge is 0.0149 e. The molecule has 0 atom stereocenters. The van der Waals surface area contributed by atoms with Gasteiger partial charge in [-0.25, -0.2) is 0 Å². The van der Waals surface area contributed by atoms with Crippen LogP contribution in [0.3, 0.4) is 0 Å². The summed E-state index contributed by atoms with van der Waals surface area (Å²) in [6, 6.07) is 15.3. The minimum absolute atomic E-state index is 1.16. The van der Waals surface area contributed by atoms with Crippen LogP contribution in [0.1, 0.15) is 30.0 Å². The van der Waals surface area contributed by atoms with Gasteiger partial charge < -0.3 is 0 Å². The minimum Gasteiger partial charge on any atom is -0.0651 e. The Morgan fingerprint density at radius 1 is 0.824 bits per heavy atom. The third-order valence-electron chi connectivity index (χ3n) is 3.43. The van der Waals surface area contributed by atoms with Crippen molar-refractivity contribution in [2.45, 2.75) is 33.6 Å². The predicted molar refractivity (Wildman–Crippen MR) is 75.3 cm³/mol. The third-order valence-corrected chi connectivity index (χ3v) is 3.43. The van der Waals surface area contributed by atoms with Crippen LogP contribution in [0.2, 0.25) is 0 Å². The maximum absolute atomic E-state index is 2.25. The first-order chi connectivity index (χ1) is 8.24. The highest BCUT2D eigenvalue weighted by atomic mass is 14.1. The Hall–Kier alpha value is -1.56. The van der Waals surface area contributed by atoms with Crippen LogP contribution in [0.5, 0.6) is 0 Å². The van der Waals surface area contributed by atoms with Crippen LogP contribution in [0.15, 0.2) is 42.5 Å². The van der Waals surface area contributed by atoms with E-state index in [9.17, 15) is 0 Å². The van der Waals surface area contributed by atoms with Gasteiger partial charge in [0.2, 0.25) is 0 Å². The van der Waals surface area contributed by atoms with Crippen LogP contribution in [0, 0.1) is 13.8 Å². The van der Waals surface area contributed by atoms with Crippen LogP contribution in [-0.2, 0) is 6.42 Å². The van der Waals surface area contributed by atoms with Gasteiger partial charge in [0.05, 0.1) is 0 Å². The lowest BCUT2D eigenvalue weighted by Crippen LogP contribution is -1.92. The van der Waals surface area contributed by atoms with Gasteiger partial charge in [-0.05, 0) is 48.1 Å². The summed E-state index contributed by atoms with van der Waals surface area (Å²) in [4.78, 5) is 0. The molecular weight excluding hydrogens is 204 g/mol. The Balaban J connectivity index is 2.56. The van der Waals surface area contributed by atoms with Gasteiger partial charge in [0.1, 0.15) is 0 Å². The summed E-state index contributed by atoms with van der Waals surface area (Å²) in [7, 11) is 0. The molecule has 0 saturated heterocycles. The van der Waals surface area contributed by atoms with E-state index in [1.807, 2.05) is 0 Å². The molecule has 0 unspecified atom stereocenters. The van der Waals surface area contributed by atoms with Crippen molar-refractivity contribution in [3.63, 3.8) is 0 Å². The largest absolute Gasteiger partial charge is 0.0651 e. The average Bonchev–Trinajstić information content (AvgIpc) is 2.34. The molecule has 2 aromatic rings. The maximum Gasteiger partial charge on any atom is -0.0149 e. The molecule has 0 aliphatic carbocycles. The molecule has 0 heteroatoms. The van der Waals surface area contributed by atoms with Crippen molar-refractivity contribution in [2.75, 3.05) is 0 Å². The quantitative estimate of drug-likeness (QED) is 0.694. The second-order valence-electron chi connectivity index (χ2n) is 4.65. The molecule has 2 rings (SSSR count). The lowest BCUT2D eigenvalue weighted by molar-refractivity contribution is 0.923. The Bertz CT molecular complexity index is 509. The van der Waals surface area contributed by atoms with Gasteiger partial charge in [0.25, 0.3) is 0 Å². The Kier molecular flexibility index (Phi) is 3.63. The fourth-order valence-electron chi connectivity index (χ4n) is 2.31. The molecule has 0 N–H and O–H groups in total. The van der Waals surface area contributed by atoms with Crippen molar-refractivity contribution in [3.8, 4) is 11.1 Å². The highest BCUT2D eigenvalue weighted by Crippen LogP contribution is 2.29. The Labute approximate surface area is 104 Å². The van der Waals surface area contributed by atoms with E-state index in [0.29, 0.717) is 0 Å². The van der Waals surface area contributed by atoms with Crippen LogP contribution in [0.25, 0.3) is 11.1 Å². The van der Waals surface area contributed by atoms with E-state index in [1.54, 1.807) is 0 Å². The molecule has 0 aromatic heterocycles. The van der Waals surface area contributed by atoms with Crippen molar-refractivity contribution < 1.29 is 0 Å². The topological polar surface area (TPSA) is 0 Å². The van der Waals surface area contributed by atoms with Gasteiger partial charge in [0, 0.05) is 0 Å². The van der Waals surface area contributed by atoms with Gasteiger partial charge in [-0.2, -0.15) is 0 Å². The maximum atomic E-state index is 2.25. The summed E-state index contributed by atoms with van der Waals surface area (Å²) in [6.45, 7) is 6.63. The summed E-state index contributed by atoms with van der Waals surface area (Å²) >= 11 is 0. The van der Waals surface area contributed by atoms with E-state index in [1.165, 1.54) is 34.2 Å². The minimum atomic E-state index is 1.16. The van der Waals surface area contributed by atoms with Crippen molar-refractivity contribution in [2.24, 2.45) is 0 Å². The fourth-order valence-corrected chi connectivity index (χ4v) is 2.31. The first-order valence-electron chi connectivity index (χ1n) is 6.38. The lowest BCUT2D eigenvalue weighted by atomic mass is 9.92. The monoisotopic (exact) mass is 224 g/mol. The number of aryl methyl sites for hydroxylation is 2. The molecule has 0 nitrogen and oxygen atoms in total. The summed E-state index contributed by atoms with van der Waals surface area (Å²) in [5.74, 6) is 0. The van der Waals surface area contributed by atoms with Gasteiger partial charge in [-0.15, -0.1) is 0 Å². The van der Waals surface area contributed by atoms with E-state index >= 15 is 0 Å². The fraction of sp³-hybridized carbons (Fsp3) is 0.294. The number of rotatable bonds is 3. The average molecular weight is 224 g/mol. The van der Waals surface area contributed by atoms with Crippen LogP contribution in [-0.4, -0.2) is 0 Å². The molecule has 0 aliphatic rings. The van der Waals surface area contributed by atoms with Crippen LogP contribution >= 0.6 is 0 Å². The Morgan fingerprint density at radius 3 is 2.29 bits per heavy atom. The second-order valence-corrected chi connectivity index (χ2v) is 4.65. The highest BCUT2D eigenvalue weighted by Gasteiger charge is 2.07. The molecule has 88 valence electrons. The first-order valence-corrected chi connectivity index (χ1v) is 6.38. The summed E-state index contributed by atoms with van der Waals surface area (Å²) < 4.78 is 0. The zero-order chi connectivity index (χ0) is 12.3. The molecule has 17 heavy (non-hydrogen) atoms. The van der Waals surface area contributed by atoms with E-state index in [-0.39, 0.29) is 0 Å². The molecule has 0 spiro atoms. The van der Waals surface area contributed by atoms with Gasteiger partial charge in [0.15, 0.2) is 0 Å². The number of hydrogen-bond donors (Lipinski definition) is 0. The summed E-state index contributed by atoms with van der Waals surface area (Å²) in [5.41, 5.74) is 7.01. The number of benzene rings is 2. The molecule has 0 saturated carbocycles. The molecule has 2 aromatic carbocycles. The number of hydrogen-bond acceptors (Lipinski definition) is 0. The van der Waals surface area contributed by atoms with E-state index in [2.05, 4.69) is 63.2 Å². The van der Waals surface area contributed by atoms with Crippen molar-refractivity contribution in [1.82, 2.24) is 0 Å². The molecule has 0 bridgehead atoms. The van der Waals surface area contributed by atoms with E-state index in [4.69, 9.17) is 0 Å². The zero-order valence-corrected chi connectivity index (χ0v) is 11.0. The van der Waals surface area contributed by atoms with Gasteiger partial charge in [-0.3, -0.25) is 0 Å². The molecule has 0 heterocycles. The first kappa shape index (κ1) is 11.9. The Morgan fingerprint density at radius 2 is 1.53 bits per heavy atom. The van der Waals surface area contributed by atoms with E-state index < -0.39 is 0 Å². The van der Waals surface area contributed by atoms with Crippen molar-refractivity contribution in [1.29, 1.82) is 0 Å². The van der Waals surface area contributed by atoms with Gasteiger partial charge >= 0.3 is 0 Å². The molecule has 0 aliphatic heterocycles. The van der Waals surface area contributed by atoms with Crippen molar-refractivity contribution in [3.05, 3.63) is 59.2 Å². The highest BCUT2D eigenvalue weighted by molar-refractivity contribution is 5.71. The standard InChI is InChI=1S/C17H20/c1-4-8-15-10-5-6-11-17(15)16-12-7-9-13(2)14(16)3/h5-7,9-12H,4,8H2,1-3H3. The molecule has 0 amide bonds. The SMILES string of the molecule is CCCc1ccccc1-c1cccc(C)c1C. The summed E-state index contributed by atoms with van der Waals surface area (Å²) in [5, 5.41) is 0. The van der Waals surface area contributed by atoms with E-state index in [0.717, 1.165) is 6.42 Å². The van der Waals surface area contributed by atoms with Crippen LogP contribution < -0.4 is 0 Å². The summed E-state index contributed by atoms with van der Waals surface area (Å²) in [6.07, 6.45) is 2.35. The van der Waals surface area contributed by atoms with Crippen molar-refractivity contribution >= 4 is 0 Å². The molecule has 0 radical (unpaired) electrons. The lowest BCUT2D eigenvalue weighted by Gasteiger charge is -2.13. The zero-order valence-electron chi connectivity index (χ0n) is 11.0. The predicted octanol–water partition coefficient (Wildman–Crippen LogP) is 4.92. The third kappa shape index (κ3) is 2.41. The van der Waals surface area contributed by atoms with Gasteiger partial charge in [-0.1, -0.05) is 55.8 Å². The van der Waals surface area contributed by atoms with Crippen LogP contribution in [0.4, 0.5) is 0 Å². The second kappa shape index (κ2) is 5.18. The normalized spacial score (nSPS) is 10.5. The molecular formula is C17H20. The molecule has 0 fully saturated rings.